The Kier molecular flexibility index (Phi) is 5.51. The minimum absolute atomic E-state index is 0.0191. The summed E-state index contributed by atoms with van der Waals surface area (Å²) in [5, 5.41) is 23.6. The van der Waals surface area contributed by atoms with Crippen LogP contribution in [-0.4, -0.2) is 56.7 Å². The van der Waals surface area contributed by atoms with Gasteiger partial charge in [0.1, 0.15) is 12.3 Å². The van der Waals surface area contributed by atoms with E-state index < -0.39 is 11.9 Å². The average molecular weight is 456 g/mol. The predicted octanol–water partition coefficient (Wildman–Crippen LogP) is 1.91. The van der Waals surface area contributed by atoms with Crippen molar-refractivity contribution in [2.45, 2.75) is 45.1 Å². The Morgan fingerprint density at radius 3 is 2.91 bits per heavy atom. The van der Waals surface area contributed by atoms with Crippen molar-refractivity contribution in [1.82, 2.24) is 14.5 Å². The lowest BCUT2D eigenvalue weighted by molar-refractivity contribution is -0.0136. The molecule has 3 atom stereocenters. The lowest BCUT2D eigenvalue weighted by Gasteiger charge is -2.31. The van der Waals surface area contributed by atoms with Crippen molar-refractivity contribution in [3.05, 3.63) is 45.6 Å². The monoisotopic (exact) mass is 456 g/mol. The molecule has 0 amide bonds. The van der Waals surface area contributed by atoms with E-state index in [2.05, 4.69) is 15.3 Å². The molecule has 0 bridgehead atoms. The summed E-state index contributed by atoms with van der Waals surface area (Å²) >= 11 is 0. The second-order valence-electron chi connectivity index (χ2n) is 8.50. The second kappa shape index (κ2) is 8.36. The summed E-state index contributed by atoms with van der Waals surface area (Å²) in [6, 6.07) is 2.82. The van der Waals surface area contributed by atoms with Gasteiger partial charge in [-0.15, -0.1) is 0 Å². The summed E-state index contributed by atoms with van der Waals surface area (Å²) in [4.78, 5) is 21.4. The number of rotatable bonds is 4. The number of hydrogen-bond acceptors (Lipinski definition) is 8. The number of aliphatic hydroxyl groups is 2. The molecule has 5 rings (SSSR count). The number of pyridine rings is 1. The Balaban J connectivity index is 1.67. The molecule has 1 aromatic carbocycles. The van der Waals surface area contributed by atoms with E-state index >= 15 is 0 Å². The fourth-order valence-corrected chi connectivity index (χ4v) is 4.62. The maximum Gasteiger partial charge on any atom is 0.223 e. The van der Waals surface area contributed by atoms with Crippen LogP contribution in [0.25, 0.3) is 22.2 Å². The number of hydrogen-bond donors (Lipinski definition) is 3. The SMILES string of the molecule is Cc1c(CO)n2c3c(c(-c4nc(N[C@@H]5CCOC[C@H]5O)ncc4F)ccc3c1=O)OCC2C. The zero-order valence-electron chi connectivity index (χ0n) is 18.3. The molecule has 9 nitrogen and oxygen atoms in total. The first-order valence-corrected chi connectivity index (χ1v) is 10.9. The molecule has 1 unspecified atom stereocenters. The van der Waals surface area contributed by atoms with Crippen LogP contribution in [0.2, 0.25) is 0 Å². The van der Waals surface area contributed by atoms with Crippen LogP contribution in [0.5, 0.6) is 5.75 Å². The minimum Gasteiger partial charge on any atom is -0.489 e. The summed E-state index contributed by atoms with van der Waals surface area (Å²) in [5.41, 5.74) is 1.71. The maximum absolute atomic E-state index is 14.9. The number of anilines is 1. The number of ether oxygens (including phenoxy) is 2. The Bertz CT molecular complexity index is 1290. The zero-order valence-corrected chi connectivity index (χ0v) is 18.3. The van der Waals surface area contributed by atoms with Gasteiger partial charge in [0.2, 0.25) is 5.95 Å². The number of aromatic nitrogens is 3. The molecule has 2 aliphatic heterocycles. The molecule has 1 saturated heterocycles. The third-order valence-electron chi connectivity index (χ3n) is 6.38. The van der Waals surface area contributed by atoms with Gasteiger partial charge in [-0.3, -0.25) is 4.79 Å². The van der Waals surface area contributed by atoms with Gasteiger partial charge in [0, 0.05) is 23.1 Å². The first-order chi connectivity index (χ1) is 15.9. The van der Waals surface area contributed by atoms with Crippen LogP contribution < -0.4 is 15.5 Å². The van der Waals surface area contributed by atoms with Crippen LogP contribution in [0, 0.1) is 12.7 Å². The molecule has 10 heteroatoms. The predicted molar refractivity (Wildman–Crippen MR) is 119 cm³/mol. The second-order valence-corrected chi connectivity index (χ2v) is 8.50. The van der Waals surface area contributed by atoms with E-state index in [-0.39, 0.29) is 42.4 Å². The van der Waals surface area contributed by atoms with Crippen molar-refractivity contribution < 1.29 is 24.1 Å². The van der Waals surface area contributed by atoms with E-state index in [4.69, 9.17) is 9.47 Å². The first kappa shape index (κ1) is 21.7. The molecule has 33 heavy (non-hydrogen) atoms. The molecular formula is C23H25FN4O5. The first-order valence-electron chi connectivity index (χ1n) is 10.9. The third kappa shape index (κ3) is 3.54. The molecular weight excluding hydrogens is 431 g/mol. The molecule has 0 spiro atoms. The Morgan fingerprint density at radius 2 is 2.15 bits per heavy atom. The van der Waals surface area contributed by atoms with Crippen molar-refractivity contribution >= 4 is 16.9 Å². The van der Waals surface area contributed by atoms with Crippen LogP contribution >= 0.6 is 0 Å². The molecule has 0 saturated carbocycles. The van der Waals surface area contributed by atoms with Gasteiger partial charge in [-0.25, -0.2) is 14.4 Å². The Hall–Kier alpha value is -3.08. The smallest absolute Gasteiger partial charge is 0.223 e. The van der Waals surface area contributed by atoms with Crippen molar-refractivity contribution in [1.29, 1.82) is 0 Å². The quantitative estimate of drug-likeness (QED) is 0.545. The number of halogens is 1. The number of nitrogens with zero attached hydrogens (tertiary/aromatic N) is 3. The molecule has 174 valence electrons. The van der Waals surface area contributed by atoms with Crippen molar-refractivity contribution in [2.75, 3.05) is 25.1 Å². The van der Waals surface area contributed by atoms with Gasteiger partial charge < -0.3 is 29.6 Å². The Morgan fingerprint density at radius 1 is 1.33 bits per heavy atom. The minimum atomic E-state index is -0.725. The van der Waals surface area contributed by atoms with E-state index in [0.717, 1.165) is 6.20 Å². The van der Waals surface area contributed by atoms with E-state index in [1.54, 1.807) is 19.1 Å². The third-order valence-corrected chi connectivity index (χ3v) is 6.38. The highest BCUT2D eigenvalue weighted by Crippen LogP contribution is 2.41. The Labute approximate surface area is 188 Å². The van der Waals surface area contributed by atoms with E-state index in [0.29, 0.717) is 53.1 Å². The van der Waals surface area contributed by atoms with E-state index in [1.807, 2.05) is 11.5 Å². The fraction of sp³-hybridized carbons (Fsp3) is 0.435. The van der Waals surface area contributed by atoms with Gasteiger partial charge in [-0.05, 0) is 32.4 Å². The summed E-state index contributed by atoms with van der Waals surface area (Å²) in [6.45, 7) is 4.32. The van der Waals surface area contributed by atoms with Gasteiger partial charge in [0.05, 0.1) is 48.8 Å². The summed E-state index contributed by atoms with van der Waals surface area (Å²) < 4.78 is 28.1. The van der Waals surface area contributed by atoms with Crippen LogP contribution in [0.15, 0.2) is 23.1 Å². The maximum atomic E-state index is 14.9. The molecule has 3 aromatic rings. The number of benzene rings is 1. The van der Waals surface area contributed by atoms with Gasteiger partial charge in [-0.2, -0.15) is 0 Å². The lowest BCUT2D eigenvalue weighted by Crippen LogP contribution is -2.42. The fourth-order valence-electron chi connectivity index (χ4n) is 4.62. The average Bonchev–Trinajstić information content (AvgIpc) is 2.81. The zero-order chi connectivity index (χ0) is 23.3. The van der Waals surface area contributed by atoms with Crippen LogP contribution in [0.3, 0.4) is 0 Å². The van der Waals surface area contributed by atoms with Crippen molar-refractivity contribution in [3.8, 4) is 17.0 Å². The summed E-state index contributed by atoms with van der Waals surface area (Å²) in [7, 11) is 0. The van der Waals surface area contributed by atoms with Crippen LogP contribution in [-0.2, 0) is 11.3 Å². The summed E-state index contributed by atoms with van der Waals surface area (Å²) in [6.07, 6.45) is 0.909. The van der Waals surface area contributed by atoms with E-state index in [9.17, 15) is 19.4 Å². The van der Waals surface area contributed by atoms with Crippen LogP contribution in [0.1, 0.15) is 30.6 Å². The van der Waals surface area contributed by atoms with Gasteiger partial charge in [-0.1, -0.05) is 0 Å². The lowest BCUT2D eigenvalue weighted by atomic mass is 10.0. The van der Waals surface area contributed by atoms with Gasteiger partial charge in [0.25, 0.3) is 0 Å². The molecule has 0 radical (unpaired) electrons. The summed E-state index contributed by atoms with van der Waals surface area (Å²) in [5.74, 6) is -0.132. The highest BCUT2D eigenvalue weighted by Gasteiger charge is 2.29. The highest BCUT2D eigenvalue weighted by atomic mass is 19.1. The normalized spacial score (nSPS) is 22.3. The van der Waals surface area contributed by atoms with Crippen LogP contribution in [0.4, 0.5) is 10.3 Å². The number of nitrogens with one attached hydrogen (secondary N) is 1. The largest absolute Gasteiger partial charge is 0.489 e. The van der Waals surface area contributed by atoms with Crippen molar-refractivity contribution in [2.24, 2.45) is 0 Å². The van der Waals surface area contributed by atoms with Gasteiger partial charge in [0.15, 0.2) is 17.0 Å². The van der Waals surface area contributed by atoms with Gasteiger partial charge >= 0.3 is 0 Å². The van der Waals surface area contributed by atoms with Crippen molar-refractivity contribution in [3.63, 3.8) is 0 Å². The topological polar surface area (TPSA) is 119 Å². The standard InChI is InChI=1S/C23H25FN4O5/c1-11-9-33-22-13(3-4-14-20(22)28(11)17(8-29)12(2)21(14)31)19-15(24)7-25-23(27-19)26-16-5-6-32-10-18(16)30/h3-4,7,11,16,18,29-30H,5-6,8-10H2,1-2H3,(H,25,26,27)/t11?,16-,18-/m1/s1. The molecule has 1 fully saturated rings. The molecule has 2 aromatic heterocycles. The number of aliphatic hydroxyl groups excluding tert-OH is 2. The van der Waals surface area contributed by atoms with E-state index in [1.165, 1.54) is 0 Å². The highest BCUT2D eigenvalue weighted by molar-refractivity contribution is 5.93. The molecule has 2 aliphatic rings. The molecule has 0 aliphatic carbocycles. The molecule has 3 N–H and O–H groups in total. The molecule has 4 heterocycles.